The fourth-order valence-electron chi connectivity index (χ4n) is 5.27. The van der Waals surface area contributed by atoms with Gasteiger partial charge in [-0.25, -0.2) is 0 Å². The van der Waals surface area contributed by atoms with Gasteiger partial charge in [-0.15, -0.1) is 0 Å². The minimum absolute atomic E-state index is 0.985. The molecule has 2 aliphatic carbocycles. The Kier molecular flexibility index (Phi) is 11.4. The van der Waals surface area contributed by atoms with E-state index in [-0.39, 0.29) is 0 Å². The maximum Gasteiger partial charge on any atom is -0.0322 e. The van der Waals surface area contributed by atoms with E-state index < -0.39 is 0 Å². The minimum Gasteiger partial charge on any atom is -0.0917 e. The van der Waals surface area contributed by atoms with Crippen LogP contribution in [0.1, 0.15) is 117 Å². The van der Waals surface area contributed by atoms with Gasteiger partial charge in [0, 0.05) is 0 Å². The Morgan fingerprint density at radius 1 is 0.615 bits per heavy atom. The zero-order chi connectivity index (χ0) is 18.5. The molecule has 0 heteroatoms. The first-order chi connectivity index (χ1) is 12.8. The highest BCUT2D eigenvalue weighted by Crippen LogP contribution is 2.35. The summed E-state index contributed by atoms with van der Waals surface area (Å²) in [7, 11) is 0. The van der Waals surface area contributed by atoms with E-state index in [9.17, 15) is 0 Å². The molecular formula is C26H46. The second-order valence-electron chi connectivity index (χ2n) is 9.36. The van der Waals surface area contributed by atoms with Crippen LogP contribution in [0.5, 0.6) is 0 Å². The lowest BCUT2D eigenvalue weighted by atomic mass is 9.78. The Bertz CT molecular complexity index is 375. The molecule has 2 rings (SSSR count). The van der Waals surface area contributed by atoms with Gasteiger partial charge in [0.05, 0.1) is 0 Å². The molecule has 0 heterocycles. The predicted molar refractivity (Wildman–Crippen MR) is 117 cm³/mol. The molecule has 26 heavy (non-hydrogen) atoms. The van der Waals surface area contributed by atoms with E-state index in [0.29, 0.717) is 0 Å². The Hall–Kier alpha value is -0.520. The Morgan fingerprint density at radius 3 is 1.62 bits per heavy atom. The maximum absolute atomic E-state index is 2.54. The summed E-state index contributed by atoms with van der Waals surface area (Å²) in [5.74, 6) is 4.05. The summed E-state index contributed by atoms with van der Waals surface area (Å²) in [4.78, 5) is 0. The molecule has 2 aliphatic rings. The number of hydrogen-bond acceptors (Lipinski definition) is 0. The maximum atomic E-state index is 2.54. The molecule has 0 atom stereocenters. The molecule has 2 saturated carbocycles. The Labute approximate surface area is 164 Å². The molecule has 0 aromatic heterocycles. The van der Waals surface area contributed by atoms with Crippen LogP contribution in [-0.4, -0.2) is 0 Å². The Morgan fingerprint density at radius 2 is 1.12 bits per heavy atom. The van der Waals surface area contributed by atoms with Crippen LogP contribution in [0, 0.1) is 23.7 Å². The number of unbranched alkanes of at least 4 members (excludes halogenated alkanes) is 2. The summed E-state index contributed by atoms with van der Waals surface area (Å²) in [5.41, 5.74) is 0. The van der Waals surface area contributed by atoms with Gasteiger partial charge in [-0.3, -0.25) is 0 Å². The molecule has 0 saturated heterocycles. The van der Waals surface area contributed by atoms with Crippen molar-refractivity contribution in [1.82, 2.24) is 0 Å². The average molecular weight is 359 g/mol. The van der Waals surface area contributed by atoms with E-state index in [4.69, 9.17) is 0 Å². The quantitative estimate of drug-likeness (QED) is 0.255. The van der Waals surface area contributed by atoms with Crippen LogP contribution in [0.3, 0.4) is 0 Å². The van der Waals surface area contributed by atoms with Gasteiger partial charge in [0.2, 0.25) is 0 Å². The standard InChI is InChI=1S/C26H46/c1-3-5-7-11-23-15-19-25(20-16-23)13-9-10-14-26-21-17-24(18-22-26)12-8-6-4-2/h3,5,9-10,23-26H,4,6-8,11-22H2,1-2H3/b5-3+,10-9-/t23-,24-,25-,26-. The molecule has 0 bridgehead atoms. The smallest absolute Gasteiger partial charge is 0.0322 e. The third kappa shape index (κ3) is 8.92. The van der Waals surface area contributed by atoms with Crippen molar-refractivity contribution < 1.29 is 0 Å². The van der Waals surface area contributed by atoms with Crippen molar-refractivity contribution in [2.45, 2.75) is 117 Å². The van der Waals surface area contributed by atoms with Crippen molar-refractivity contribution in [2.24, 2.45) is 23.7 Å². The van der Waals surface area contributed by atoms with Crippen molar-refractivity contribution in [3.05, 3.63) is 24.3 Å². The van der Waals surface area contributed by atoms with E-state index in [2.05, 4.69) is 38.2 Å². The molecule has 0 N–H and O–H groups in total. The Balaban J connectivity index is 1.50. The predicted octanol–water partition coefficient (Wildman–Crippen LogP) is 8.87. The molecule has 0 amide bonds. The van der Waals surface area contributed by atoms with Crippen LogP contribution in [0.4, 0.5) is 0 Å². The van der Waals surface area contributed by atoms with Crippen LogP contribution >= 0.6 is 0 Å². The highest BCUT2D eigenvalue weighted by molar-refractivity contribution is 4.89. The summed E-state index contributed by atoms with van der Waals surface area (Å²) < 4.78 is 0. The molecule has 0 spiro atoms. The topological polar surface area (TPSA) is 0 Å². The van der Waals surface area contributed by atoms with Crippen LogP contribution in [0.25, 0.3) is 0 Å². The average Bonchev–Trinajstić information content (AvgIpc) is 2.68. The monoisotopic (exact) mass is 358 g/mol. The van der Waals surface area contributed by atoms with E-state index in [1.54, 1.807) is 0 Å². The normalized spacial score (nSPS) is 30.4. The second kappa shape index (κ2) is 13.6. The van der Waals surface area contributed by atoms with Gasteiger partial charge in [0.25, 0.3) is 0 Å². The lowest BCUT2D eigenvalue weighted by Gasteiger charge is -2.28. The van der Waals surface area contributed by atoms with Gasteiger partial charge in [0.1, 0.15) is 0 Å². The van der Waals surface area contributed by atoms with E-state index in [0.717, 1.165) is 23.7 Å². The zero-order valence-corrected chi connectivity index (χ0v) is 17.9. The highest BCUT2D eigenvalue weighted by Gasteiger charge is 2.21. The first-order valence-corrected chi connectivity index (χ1v) is 12.1. The lowest BCUT2D eigenvalue weighted by molar-refractivity contribution is 0.258. The van der Waals surface area contributed by atoms with Crippen molar-refractivity contribution in [3.63, 3.8) is 0 Å². The van der Waals surface area contributed by atoms with Gasteiger partial charge < -0.3 is 0 Å². The number of hydrogen-bond donors (Lipinski definition) is 0. The first-order valence-electron chi connectivity index (χ1n) is 12.1. The third-order valence-corrected chi connectivity index (χ3v) is 7.23. The summed E-state index contributed by atoms with van der Waals surface area (Å²) >= 11 is 0. The van der Waals surface area contributed by atoms with Gasteiger partial charge >= 0.3 is 0 Å². The van der Waals surface area contributed by atoms with Gasteiger partial charge in [-0.05, 0) is 82.0 Å². The summed E-state index contributed by atoms with van der Waals surface area (Å²) in [6.07, 6.45) is 32.8. The lowest BCUT2D eigenvalue weighted by Crippen LogP contribution is -2.14. The fraction of sp³-hybridized carbons (Fsp3) is 0.846. The third-order valence-electron chi connectivity index (χ3n) is 7.23. The molecule has 0 unspecified atom stereocenters. The molecule has 2 fully saturated rings. The SMILES string of the molecule is C/C=C/CC[C@H]1CC[C@H](C/C=C\C[C@H]2CC[C@H](CCCCC)CC2)CC1. The van der Waals surface area contributed by atoms with Crippen LogP contribution in [0.2, 0.25) is 0 Å². The number of allylic oxidation sites excluding steroid dienone is 4. The molecule has 0 aromatic rings. The number of rotatable bonds is 11. The van der Waals surface area contributed by atoms with E-state index in [1.807, 2.05) is 0 Å². The van der Waals surface area contributed by atoms with Gasteiger partial charge in [-0.2, -0.15) is 0 Å². The van der Waals surface area contributed by atoms with Crippen LogP contribution < -0.4 is 0 Å². The van der Waals surface area contributed by atoms with Crippen molar-refractivity contribution in [1.29, 1.82) is 0 Å². The highest BCUT2D eigenvalue weighted by atomic mass is 14.3. The molecule has 0 aliphatic heterocycles. The van der Waals surface area contributed by atoms with E-state index >= 15 is 0 Å². The summed E-state index contributed by atoms with van der Waals surface area (Å²) in [6.45, 7) is 4.46. The van der Waals surface area contributed by atoms with Crippen molar-refractivity contribution >= 4 is 0 Å². The largest absolute Gasteiger partial charge is 0.0917 e. The zero-order valence-electron chi connectivity index (χ0n) is 17.9. The van der Waals surface area contributed by atoms with E-state index in [1.165, 1.54) is 103 Å². The molecule has 0 radical (unpaired) electrons. The molecule has 0 aromatic carbocycles. The van der Waals surface area contributed by atoms with Crippen molar-refractivity contribution in [2.75, 3.05) is 0 Å². The van der Waals surface area contributed by atoms with Crippen molar-refractivity contribution in [3.8, 4) is 0 Å². The van der Waals surface area contributed by atoms with Gasteiger partial charge in [-0.1, -0.05) is 82.6 Å². The molecule has 0 nitrogen and oxygen atoms in total. The van der Waals surface area contributed by atoms with Crippen LogP contribution in [0.15, 0.2) is 24.3 Å². The molecule has 150 valence electrons. The summed E-state index contributed by atoms with van der Waals surface area (Å²) in [5, 5.41) is 0. The second-order valence-corrected chi connectivity index (χ2v) is 9.36. The first kappa shape index (κ1) is 21.8. The van der Waals surface area contributed by atoms with Crippen LogP contribution in [-0.2, 0) is 0 Å². The summed E-state index contributed by atoms with van der Waals surface area (Å²) in [6, 6.07) is 0. The minimum atomic E-state index is 0.985. The van der Waals surface area contributed by atoms with Gasteiger partial charge in [0.15, 0.2) is 0 Å². The fourth-order valence-corrected chi connectivity index (χ4v) is 5.27. The molecular weight excluding hydrogens is 312 g/mol.